The van der Waals surface area contributed by atoms with E-state index in [0.717, 1.165) is 12.8 Å². The van der Waals surface area contributed by atoms with Gasteiger partial charge in [-0.1, -0.05) is 51.1 Å². The molecule has 3 heteroatoms. The van der Waals surface area contributed by atoms with Crippen LogP contribution in [0.5, 0.6) is 0 Å². The highest BCUT2D eigenvalue weighted by Gasteiger charge is 2.38. The maximum absolute atomic E-state index is 9.53. The average Bonchev–Trinajstić information content (AvgIpc) is 2.34. The SMILES string of the molecule is CC(C)(C)[Si](C)(C)O[C@@H](CO)CCc1ccccc1. The summed E-state index contributed by atoms with van der Waals surface area (Å²) in [5.74, 6) is 0. The zero-order chi connectivity index (χ0) is 14.5. The average molecular weight is 280 g/mol. The Kier molecular flexibility index (Phi) is 5.77. The largest absolute Gasteiger partial charge is 0.412 e. The van der Waals surface area contributed by atoms with E-state index in [2.05, 4.69) is 58.1 Å². The molecular formula is C16H28O2Si. The molecule has 1 rings (SSSR count). The quantitative estimate of drug-likeness (QED) is 0.798. The van der Waals surface area contributed by atoms with Crippen molar-refractivity contribution in [1.82, 2.24) is 0 Å². The Balaban J connectivity index is 2.55. The highest BCUT2D eigenvalue weighted by Crippen LogP contribution is 2.37. The molecule has 0 heterocycles. The van der Waals surface area contributed by atoms with Gasteiger partial charge in [0.15, 0.2) is 8.32 Å². The lowest BCUT2D eigenvalue weighted by atomic mass is 10.1. The number of hydrogen-bond acceptors (Lipinski definition) is 2. The smallest absolute Gasteiger partial charge is 0.192 e. The van der Waals surface area contributed by atoms with Crippen molar-refractivity contribution in [3.63, 3.8) is 0 Å². The fourth-order valence-corrected chi connectivity index (χ4v) is 3.13. The first-order valence-corrected chi connectivity index (χ1v) is 10.00. The Morgan fingerprint density at radius 1 is 1.16 bits per heavy atom. The van der Waals surface area contributed by atoms with Crippen LogP contribution >= 0.6 is 0 Å². The third kappa shape index (κ3) is 5.09. The van der Waals surface area contributed by atoms with Crippen LogP contribution in [0.3, 0.4) is 0 Å². The van der Waals surface area contributed by atoms with Crippen LogP contribution in [-0.2, 0) is 10.8 Å². The van der Waals surface area contributed by atoms with Crippen LogP contribution in [0, 0.1) is 0 Å². The molecule has 0 saturated heterocycles. The molecule has 1 aromatic rings. The molecule has 0 aliphatic carbocycles. The van der Waals surface area contributed by atoms with E-state index in [0.29, 0.717) is 0 Å². The highest BCUT2D eigenvalue weighted by atomic mass is 28.4. The molecule has 0 aliphatic rings. The Bertz CT molecular complexity index is 368. The summed E-state index contributed by atoms with van der Waals surface area (Å²) in [7, 11) is -1.79. The summed E-state index contributed by atoms with van der Waals surface area (Å²) >= 11 is 0. The molecule has 1 atom stereocenters. The molecule has 0 saturated carbocycles. The van der Waals surface area contributed by atoms with E-state index in [4.69, 9.17) is 4.43 Å². The van der Waals surface area contributed by atoms with E-state index in [1.54, 1.807) is 0 Å². The Hall–Kier alpha value is -0.643. The van der Waals surface area contributed by atoms with E-state index < -0.39 is 8.32 Å². The van der Waals surface area contributed by atoms with Crippen molar-refractivity contribution in [2.75, 3.05) is 6.61 Å². The lowest BCUT2D eigenvalue weighted by Gasteiger charge is -2.39. The standard InChI is InChI=1S/C16H28O2Si/c1-16(2,3)19(4,5)18-15(13-17)12-11-14-9-7-6-8-10-14/h6-10,15,17H,11-13H2,1-5H3/t15-/m1/s1. The summed E-state index contributed by atoms with van der Waals surface area (Å²) in [6.07, 6.45) is 1.80. The Morgan fingerprint density at radius 3 is 2.21 bits per heavy atom. The van der Waals surface area contributed by atoms with Crippen molar-refractivity contribution in [2.45, 2.75) is 57.8 Å². The Morgan fingerprint density at radius 2 is 1.74 bits per heavy atom. The maximum Gasteiger partial charge on any atom is 0.192 e. The van der Waals surface area contributed by atoms with E-state index in [-0.39, 0.29) is 17.7 Å². The van der Waals surface area contributed by atoms with Crippen LogP contribution in [0.2, 0.25) is 18.1 Å². The van der Waals surface area contributed by atoms with Gasteiger partial charge in [0.1, 0.15) is 0 Å². The molecule has 2 nitrogen and oxygen atoms in total. The van der Waals surface area contributed by atoms with Crippen molar-refractivity contribution in [1.29, 1.82) is 0 Å². The summed E-state index contributed by atoms with van der Waals surface area (Å²) in [6, 6.07) is 10.4. The summed E-state index contributed by atoms with van der Waals surface area (Å²) < 4.78 is 6.26. The van der Waals surface area contributed by atoms with Crippen LogP contribution in [-0.4, -0.2) is 26.1 Å². The molecule has 19 heavy (non-hydrogen) atoms. The summed E-state index contributed by atoms with van der Waals surface area (Å²) in [6.45, 7) is 11.3. The molecule has 0 spiro atoms. The minimum Gasteiger partial charge on any atom is -0.412 e. The normalized spacial score (nSPS) is 14.4. The van der Waals surface area contributed by atoms with Crippen molar-refractivity contribution in [2.24, 2.45) is 0 Å². The van der Waals surface area contributed by atoms with Gasteiger partial charge in [0.25, 0.3) is 0 Å². The molecule has 0 bridgehead atoms. The number of aliphatic hydroxyl groups is 1. The fourth-order valence-electron chi connectivity index (χ4n) is 1.75. The molecular weight excluding hydrogens is 252 g/mol. The molecule has 1 N–H and O–H groups in total. The van der Waals surface area contributed by atoms with Gasteiger partial charge >= 0.3 is 0 Å². The minimum atomic E-state index is -1.79. The molecule has 0 unspecified atom stereocenters. The molecule has 0 fully saturated rings. The number of rotatable bonds is 6. The highest BCUT2D eigenvalue weighted by molar-refractivity contribution is 6.74. The molecule has 0 aromatic heterocycles. The second kappa shape index (κ2) is 6.68. The first-order valence-electron chi connectivity index (χ1n) is 7.09. The third-order valence-corrected chi connectivity index (χ3v) is 8.60. The third-order valence-electron chi connectivity index (χ3n) is 4.07. The van der Waals surface area contributed by atoms with E-state index in [1.807, 2.05) is 6.07 Å². The predicted octanol–water partition coefficient (Wildman–Crippen LogP) is 4.00. The van der Waals surface area contributed by atoms with Crippen LogP contribution in [0.1, 0.15) is 32.8 Å². The van der Waals surface area contributed by atoms with Crippen LogP contribution < -0.4 is 0 Å². The van der Waals surface area contributed by atoms with Gasteiger partial charge in [-0.3, -0.25) is 0 Å². The lowest BCUT2D eigenvalue weighted by molar-refractivity contribution is 0.0963. The van der Waals surface area contributed by atoms with Gasteiger partial charge in [0.05, 0.1) is 12.7 Å². The second-order valence-corrected chi connectivity index (χ2v) is 11.5. The van der Waals surface area contributed by atoms with Crippen molar-refractivity contribution in [3.05, 3.63) is 35.9 Å². The van der Waals surface area contributed by atoms with Crippen molar-refractivity contribution < 1.29 is 9.53 Å². The number of benzene rings is 1. The van der Waals surface area contributed by atoms with Gasteiger partial charge in [-0.25, -0.2) is 0 Å². The monoisotopic (exact) mass is 280 g/mol. The molecule has 108 valence electrons. The lowest BCUT2D eigenvalue weighted by Crippen LogP contribution is -2.45. The molecule has 0 amide bonds. The summed E-state index contributed by atoms with van der Waals surface area (Å²) in [4.78, 5) is 0. The second-order valence-electron chi connectivity index (χ2n) is 6.71. The van der Waals surface area contributed by atoms with Crippen LogP contribution in [0.15, 0.2) is 30.3 Å². The molecule has 0 aliphatic heterocycles. The van der Waals surface area contributed by atoms with E-state index in [9.17, 15) is 5.11 Å². The first-order chi connectivity index (χ1) is 8.76. The van der Waals surface area contributed by atoms with E-state index >= 15 is 0 Å². The van der Waals surface area contributed by atoms with Gasteiger partial charge in [0.2, 0.25) is 0 Å². The van der Waals surface area contributed by atoms with Crippen LogP contribution in [0.25, 0.3) is 0 Å². The number of aryl methyl sites for hydroxylation is 1. The first kappa shape index (κ1) is 16.4. The van der Waals surface area contributed by atoms with Crippen molar-refractivity contribution in [3.8, 4) is 0 Å². The molecule has 0 radical (unpaired) electrons. The van der Waals surface area contributed by atoms with Gasteiger partial charge in [0, 0.05) is 0 Å². The maximum atomic E-state index is 9.53. The fraction of sp³-hybridized carbons (Fsp3) is 0.625. The number of hydrogen-bond donors (Lipinski definition) is 1. The zero-order valence-electron chi connectivity index (χ0n) is 12.9. The van der Waals surface area contributed by atoms with Gasteiger partial charge < -0.3 is 9.53 Å². The van der Waals surface area contributed by atoms with Gasteiger partial charge in [-0.2, -0.15) is 0 Å². The Labute approximate surface area is 118 Å². The minimum absolute atomic E-state index is 0.0407. The topological polar surface area (TPSA) is 29.5 Å². The van der Waals surface area contributed by atoms with Gasteiger partial charge in [-0.15, -0.1) is 0 Å². The van der Waals surface area contributed by atoms with E-state index in [1.165, 1.54) is 5.56 Å². The predicted molar refractivity (Wildman–Crippen MR) is 83.9 cm³/mol. The zero-order valence-corrected chi connectivity index (χ0v) is 13.9. The molecule has 1 aromatic carbocycles. The van der Waals surface area contributed by atoms with Crippen LogP contribution in [0.4, 0.5) is 0 Å². The summed E-state index contributed by atoms with van der Waals surface area (Å²) in [5.41, 5.74) is 1.31. The van der Waals surface area contributed by atoms with Crippen molar-refractivity contribution >= 4 is 8.32 Å². The van der Waals surface area contributed by atoms with Gasteiger partial charge in [-0.05, 0) is 36.5 Å². The summed E-state index contributed by atoms with van der Waals surface area (Å²) in [5, 5.41) is 9.72. The number of aliphatic hydroxyl groups excluding tert-OH is 1.